The molecule has 1 aliphatic heterocycles. The number of benzene rings is 2. The van der Waals surface area contributed by atoms with E-state index in [4.69, 9.17) is 9.47 Å². The van der Waals surface area contributed by atoms with Crippen LogP contribution in [0.1, 0.15) is 16.7 Å². The lowest BCUT2D eigenvalue weighted by Gasteiger charge is -2.23. The molecule has 1 heterocycles. The van der Waals surface area contributed by atoms with Gasteiger partial charge >= 0.3 is 0 Å². The molecule has 2 aromatic carbocycles. The van der Waals surface area contributed by atoms with Gasteiger partial charge in [-0.05, 0) is 43.2 Å². The third kappa shape index (κ3) is 4.85. The van der Waals surface area contributed by atoms with Crippen molar-refractivity contribution in [2.24, 2.45) is 0 Å². The van der Waals surface area contributed by atoms with Crippen molar-refractivity contribution in [1.29, 1.82) is 0 Å². The van der Waals surface area contributed by atoms with E-state index in [9.17, 15) is 9.59 Å². The van der Waals surface area contributed by atoms with Crippen LogP contribution in [0.2, 0.25) is 0 Å². The number of hydrogen-bond donors (Lipinski definition) is 1. The van der Waals surface area contributed by atoms with Gasteiger partial charge in [-0.2, -0.15) is 0 Å². The molecule has 3 rings (SSSR count). The number of carbonyl (C=O) groups is 2. The van der Waals surface area contributed by atoms with Crippen molar-refractivity contribution < 1.29 is 19.1 Å². The largest absolute Gasteiger partial charge is 0.497 e. The van der Waals surface area contributed by atoms with Crippen molar-refractivity contribution in [2.45, 2.75) is 26.3 Å². The Morgan fingerprint density at radius 3 is 2.59 bits per heavy atom. The van der Waals surface area contributed by atoms with E-state index in [1.165, 1.54) is 5.56 Å². The normalized spacial score (nSPS) is 15.9. The van der Waals surface area contributed by atoms with Crippen LogP contribution in [0.15, 0.2) is 36.4 Å². The second-order valence-corrected chi connectivity index (χ2v) is 8.02. The Morgan fingerprint density at radius 2 is 1.90 bits per heavy atom. The van der Waals surface area contributed by atoms with Gasteiger partial charge < -0.3 is 19.7 Å². The summed E-state index contributed by atoms with van der Waals surface area (Å²) in [6.07, 6.45) is 0.168. The fraction of sp³-hybridized carbons (Fsp3) is 0.364. The second kappa shape index (κ2) is 9.22. The van der Waals surface area contributed by atoms with E-state index < -0.39 is 6.04 Å². The van der Waals surface area contributed by atoms with Crippen LogP contribution in [-0.4, -0.2) is 48.6 Å². The van der Waals surface area contributed by atoms with Crippen LogP contribution in [0.25, 0.3) is 0 Å². The third-order valence-electron chi connectivity index (χ3n) is 5.12. The molecule has 0 radical (unpaired) electrons. The van der Waals surface area contributed by atoms with E-state index >= 15 is 0 Å². The molecule has 1 atom stereocenters. The molecular formula is C22H26N2O4S. The van der Waals surface area contributed by atoms with Gasteiger partial charge in [0.25, 0.3) is 0 Å². The highest BCUT2D eigenvalue weighted by Gasteiger charge is 2.34. The predicted molar refractivity (Wildman–Crippen MR) is 116 cm³/mol. The molecule has 1 saturated heterocycles. The number of rotatable bonds is 6. The summed E-state index contributed by atoms with van der Waals surface area (Å²) in [7, 11) is 3.15. The third-order valence-corrected chi connectivity index (χ3v) is 6.13. The lowest BCUT2D eigenvalue weighted by atomic mass is 10.1. The van der Waals surface area contributed by atoms with Crippen LogP contribution in [0, 0.1) is 13.8 Å². The first-order valence-corrected chi connectivity index (χ1v) is 10.5. The van der Waals surface area contributed by atoms with Crippen LogP contribution in [-0.2, 0) is 16.0 Å². The van der Waals surface area contributed by atoms with E-state index in [2.05, 4.69) is 5.32 Å². The molecule has 7 heteroatoms. The van der Waals surface area contributed by atoms with Crippen LogP contribution in [0.5, 0.6) is 11.5 Å². The van der Waals surface area contributed by atoms with Gasteiger partial charge in [0.1, 0.15) is 17.5 Å². The predicted octanol–water partition coefficient (Wildman–Crippen LogP) is 3.40. The average molecular weight is 415 g/mol. The molecule has 1 aliphatic rings. The summed E-state index contributed by atoms with van der Waals surface area (Å²) in [5.74, 6) is 2.10. The summed E-state index contributed by atoms with van der Waals surface area (Å²) >= 11 is 1.58. The molecule has 0 aromatic heterocycles. The number of nitrogens with zero attached hydrogens (tertiary/aromatic N) is 1. The summed E-state index contributed by atoms with van der Waals surface area (Å²) in [4.78, 5) is 27.4. The van der Waals surface area contributed by atoms with Crippen molar-refractivity contribution in [3.63, 3.8) is 0 Å². The van der Waals surface area contributed by atoms with E-state index in [1.807, 2.05) is 38.1 Å². The Balaban J connectivity index is 1.70. The van der Waals surface area contributed by atoms with E-state index in [0.717, 1.165) is 16.8 Å². The average Bonchev–Trinajstić information content (AvgIpc) is 3.21. The fourth-order valence-corrected chi connectivity index (χ4v) is 4.39. The Labute approximate surface area is 175 Å². The zero-order valence-electron chi connectivity index (χ0n) is 17.2. The summed E-state index contributed by atoms with van der Waals surface area (Å²) in [6.45, 7) is 4.04. The SMILES string of the molecule is COc1ccc(CC(=O)N2CSCC2C(=O)Nc2ccc(C)c(C)c2)c(OC)c1. The maximum atomic E-state index is 12.9. The molecule has 1 N–H and O–H groups in total. The minimum atomic E-state index is -0.488. The maximum Gasteiger partial charge on any atom is 0.248 e. The van der Waals surface area contributed by atoms with Crippen LogP contribution in [0.4, 0.5) is 5.69 Å². The summed E-state index contributed by atoms with van der Waals surface area (Å²) in [5, 5.41) is 2.95. The standard InChI is InChI=1S/C22H26N2O4S/c1-14-5-7-17(9-15(14)2)23-22(26)19-12-29-13-24(19)21(25)10-16-6-8-18(27-3)11-20(16)28-4/h5-9,11,19H,10,12-13H2,1-4H3,(H,23,26). The van der Waals surface area contributed by atoms with Crippen molar-refractivity contribution >= 4 is 29.3 Å². The lowest BCUT2D eigenvalue weighted by Crippen LogP contribution is -2.45. The highest BCUT2D eigenvalue weighted by Crippen LogP contribution is 2.28. The number of methoxy groups -OCH3 is 2. The Hall–Kier alpha value is -2.67. The molecule has 154 valence electrons. The molecule has 1 fully saturated rings. The Bertz CT molecular complexity index is 916. The number of aryl methyl sites for hydroxylation is 2. The number of carbonyl (C=O) groups excluding carboxylic acids is 2. The van der Waals surface area contributed by atoms with Gasteiger partial charge in [0.15, 0.2) is 0 Å². The molecule has 0 spiro atoms. The minimum absolute atomic E-state index is 0.0984. The monoisotopic (exact) mass is 414 g/mol. The summed E-state index contributed by atoms with van der Waals surface area (Å²) < 4.78 is 10.6. The molecule has 0 saturated carbocycles. The molecule has 2 amide bonds. The lowest BCUT2D eigenvalue weighted by molar-refractivity contribution is -0.135. The number of nitrogens with one attached hydrogen (secondary N) is 1. The molecule has 29 heavy (non-hydrogen) atoms. The van der Waals surface area contributed by atoms with Crippen molar-refractivity contribution in [3.8, 4) is 11.5 Å². The van der Waals surface area contributed by atoms with Gasteiger partial charge in [-0.15, -0.1) is 11.8 Å². The zero-order chi connectivity index (χ0) is 21.0. The fourth-order valence-electron chi connectivity index (χ4n) is 3.21. The Morgan fingerprint density at radius 1 is 1.10 bits per heavy atom. The van der Waals surface area contributed by atoms with E-state index in [0.29, 0.717) is 23.1 Å². The van der Waals surface area contributed by atoms with E-state index in [1.54, 1.807) is 43.0 Å². The van der Waals surface area contributed by atoms with Gasteiger partial charge in [-0.3, -0.25) is 9.59 Å². The van der Waals surface area contributed by atoms with Crippen LogP contribution < -0.4 is 14.8 Å². The van der Waals surface area contributed by atoms with Gasteiger partial charge in [0.2, 0.25) is 11.8 Å². The summed E-state index contributed by atoms with van der Waals surface area (Å²) in [5.41, 5.74) is 3.80. The zero-order valence-corrected chi connectivity index (χ0v) is 18.0. The molecule has 1 unspecified atom stereocenters. The number of thioether (sulfide) groups is 1. The smallest absolute Gasteiger partial charge is 0.248 e. The first-order valence-electron chi connectivity index (χ1n) is 9.39. The maximum absolute atomic E-state index is 12.9. The number of ether oxygens (including phenoxy) is 2. The molecule has 2 aromatic rings. The van der Waals surface area contributed by atoms with Crippen molar-refractivity contribution in [3.05, 3.63) is 53.1 Å². The Kier molecular flexibility index (Phi) is 6.69. The van der Waals surface area contributed by atoms with Crippen LogP contribution in [0.3, 0.4) is 0 Å². The second-order valence-electron chi connectivity index (χ2n) is 7.02. The molecule has 6 nitrogen and oxygen atoms in total. The molecular weight excluding hydrogens is 388 g/mol. The van der Waals surface area contributed by atoms with Gasteiger partial charge in [0, 0.05) is 23.1 Å². The van der Waals surface area contributed by atoms with Crippen LogP contribution >= 0.6 is 11.8 Å². The first kappa shape index (κ1) is 21.0. The van der Waals surface area contributed by atoms with Gasteiger partial charge in [0.05, 0.1) is 26.5 Å². The van der Waals surface area contributed by atoms with Crippen molar-refractivity contribution in [1.82, 2.24) is 4.90 Å². The van der Waals surface area contributed by atoms with E-state index in [-0.39, 0.29) is 18.2 Å². The van der Waals surface area contributed by atoms with Gasteiger partial charge in [-0.1, -0.05) is 12.1 Å². The van der Waals surface area contributed by atoms with Crippen molar-refractivity contribution in [2.75, 3.05) is 31.2 Å². The topological polar surface area (TPSA) is 67.9 Å². The number of anilines is 1. The van der Waals surface area contributed by atoms with Gasteiger partial charge in [-0.25, -0.2) is 0 Å². The number of amides is 2. The molecule has 0 bridgehead atoms. The molecule has 0 aliphatic carbocycles. The first-order chi connectivity index (χ1) is 13.9. The highest BCUT2D eigenvalue weighted by molar-refractivity contribution is 7.99. The highest BCUT2D eigenvalue weighted by atomic mass is 32.2. The number of hydrogen-bond acceptors (Lipinski definition) is 5. The minimum Gasteiger partial charge on any atom is -0.497 e. The quantitative estimate of drug-likeness (QED) is 0.785. The summed E-state index contributed by atoms with van der Waals surface area (Å²) in [6, 6.07) is 10.7.